The lowest BCUT2D eigenvalue weighted by molar-refractivity contribution is 0.601. The Morgan fingerprint density at radius 1 is 1.29 bits per heavy atom. The molecule has 0 spiro atoms. The van der Waals surface area contributed by atoms with E-state index >= 15 is 0 Å². The molecule has 0 unspecified atom stereocenters. The fourth-order valence-corrected chi connectivity index (χ4v) is 2.99. The van der Waals surface area contributed by atoms with Crippen molar-refractivity contribution >= 4 is 23.0 Å². The minimum Gasteiger partial charge on any atom is -0.427 e. The second-order valence-corrected chi connectivity index (χ2v) is 5.72. The highest BCUT2D eigenvalue weighted by molar-refractivity contribution is 14.1. The van der Waals surface area contributed by atoms with Crippen molar-refractivity contribution in [3.05, 3.63) is 29.3 Å². The number of hydrogen-bond acceptors (Lipinski definition) is 1. The van der Waals surface area contributed by atoms with Crippen molar-refractivity contribution in [2.24, 2.45) is 5.92 Å². The molecule has 94 valence electrons. The summed E-state index contributed by atoms with van der Waals surface area (Å²) in [6.45, 7) is 6.85. The molecule has 1 nitrogen and oxygen atoms in total. The van der Waals surface area contributed by atoms with Crippen LogP contribution in [-0.2, 0) is 0 Å². The average Bonchev–Trinajstić information content (AvgIpc) is 3.20. The fraction of sp³-hybridized carbons (Fsp3) is 0.600. The molecule has 1 fully saturated rings. The van der Waals surface area contributed by atoms with Gasteiger partial charge in [-0.15, -0.1) is 0 Å². The number of halogens is 1. The molecule has 1 aromatic rings. The van der Waals surface area contributed by atoms with Crippen LogP contribution < -0.4 is 3.07 Å². The summed E-state index contributed by atoms with van der Waals surface area (Å²) in [6, 6.07) is 6.64. The van der Waals surface area contributed by atoms with Crippen LogP contribution in [0.25, 0.3) is 0 Å². The van der Waals surface area contributed by atoms with Gasteiger partial charge < -0.3 is 3.07 Å². The maximum atomic E-state index is 5.67. The van der Waals surface area contributed by atoms with Crippen molar-refractivity contribution in [1.29, 1.82) is 0 Å². The molecule has 0 radical (unpaired) electrons. The first-order chi connectivity index (χ1) is 8.19. The molecule has 0 saturated heterocycles. The predicted octanol–water partition coefficient (Wildman–Crippen LogP) is 5.44. The lowest BCUT2D eigenvalue weighted by Gasteiger charge is -2.19. The van der Waals surface area contributed by atoms with Gasteiger partial charge >= 0.3 is 0 Å². The van der Waals surface area contributed by atoms with Crippen molar-refractivity contribution in [2.75, 3.05) is 0 Å². The van der Waals surface area contributed by atoms with Crippen LogP contribution in [0.3, 0.4) is 0 Å². The van der Waals surface area contributed by atoms with E-state index in [4.69, 9.17) is 3.07 Å². The average molecular weight is 344 g/mol. The van der Waals surface area contributed by atoms with Crippen LogP contribution in [0, 0.1) is 5.92 Å². The van der Waals surface area contributed by atoms with Gasteiger partial charge in [0.1, 0.15) is 5.75 Å². The predicted molar refractivity (Wildman–Crippen MR) is 80.9 cm³/mol. The van der Waals surface area contributed by atoms with Crippen molar-refractivity contribution in [3.63, 3.8) is 0 Å². The summed E-state index contributed by atoms with van der Waals surface area (Å²) in [5, 5.41) is 0. The van der Waals surface area contributed by atoms with Gasteiger partial charge in [-0.25, -0.2) is 0 Å². The van der Waals surface area contributed by atoms with Crippen molar-refractivity contribution < 1.29 is 3.07 Å². The van der Waals surface area contributed by atoms with Gasteiger partial charge in [-0.1, -0.05) is 39.0 Å². The molecule has 2 rings (SSSR count). The summed E-state index contributed by atoms with van der Waals surface area (Å²) in [4.78, 5) is 0. The highest BCUT2D eigenvalue weighted by atomic mass is 127. The Morgan fingerprint density at radius 2 is 1.94 bits per heavy atom. The first-order valence-corrected chi connectivity index (χ1v) is 7.48. The third kappa shape index (κ3) is 2.78. The maximum Gasteiger partial charge on any atom is 0.192 e. The Balaban J connectivity index is 2.37. The summed E-state index contributed by atoms with van der Waals surface area (Å²) < 4.78 is 5.67. The third-order valence-electron chi connectivity index (χ3n) is 4.12. The molecular formula is C15H21IO. The minimum atomic E-state index is 0.575. The molecule has 1 aliphatic rings. The van der Waals surface area contributed by atoms with Gasteiger partial charge in [-0.05, 0) is 48.1 Å². The maximum absolute atomic E-state index is 5.67. The SMILES string of the molecule is CC[C@@H](C)c1cccc([C@H](C)C2CC2)c1OI. The van der Waals surface area contributed by atoms with E-state index in [-0.39, 0.29) is 0 Å². The zero-order valence-electron chi connectivity index (χ0n) is 10.9. The van der Waals surface area contributed by atoms with Gasteiger partial charge in [0.15, 0.2) is 23.0 Å². The van der Waals surface area contributed by atoms with Gasteiger partial charge in [0, 0.05) is 0 Å². The van der Waals surface area contributed by atoms with Crippen LogP contribution in [-0.4, -0.2) is 0 Å². The molecule has 0 amide bonds. The van der Waals surface area contributed by atoms with Crippen molar-refractivity contribution in [1.82, 2.24) is 0 Å². The summed E-state index contributed by atoms with van der Waals surface area (Å²) >= 11 is 2.03. The summed E-state index contributed by atoms with van der Waals surface area (Å²) in [7, 11) is 0. The van der Waals surface area contributed by atoms with Crippen LogP contribution in [0.1, 0.15) is 63.0 Å². The molecule has 1 aromatic carbocycles. The minimum absolute atomic E-state index is 0.575. The quantitative estimate of drug-likeness (QED) is 0.646. The first kappa shape index (κ1) is 13.2. The standard InChI is InChI=1S/C15H21IO/c1-4-10(2)13-6-5-7-14(15(13)17-16)11(3)12-8-9-12/h5-7,10-12H,4,8-9H2,1-3H3/t10-,11-/m1/s1. The topological polar surface area (TPSA) is 9.23 Å². The van der Waals surface area contributed by atoms with E-state index in [0.717, 1.165) is 18.1 Å². The van der Waals surface area contributed by atoms with Crippen molar-refractivity contribution in [3.8, 4) is 5.75 Å². The number of para-hydroxylation sites is 1. The Hall–Kier alpha value is -0.250. The molecule has 1 saturated carbocycles. The van der Waals surface area contributed by atoms with Gasteiger partial charge in [0.2, 0.25) is 0 Å². The largest absolute Gasteiger partial charge is 0.427 e. The summed E-state index contributed by atoms with van der Waals surface area (Å²) in [5.41, 5.74) is 2.77. The number of hydrogen-bond donors (Lipinski definition) is 0. The smallest absolute Gasteiger partial charge is 0.192 e. The Kier molecular flexibility index (Phi) is 4.34. The molecule has 2 atom stereocenters. The molecule has 1 aliphatic carbocycles. The lowest BCUT2D eigenvalue weighted by atomic mass is 9.89. The summed E-state index contributed by atoms with van der Waals surface area (Å²) in [6.07, 6.45) is 3.93. The summed E-state index contributed by atoms with van der Waals surface area (Å²) in [5.74, 6) is 3.23. The van der Waals surface area contributed by atoms with Crippen LogP contribution in [0.4, 0.5) is 0 Å². The molecule has 0 bridgehead atoms. The second kappa shape index (κ2) is 5.59. The van der Waals surface area contributed by atoms with Gasteiger partial charge in [-0.3, -0.25) is 0 Å². The van der Waals surface area contributed by atoms with Gasteiger partial charge in [0.25, 0.3) is 0 Å². The lowest BCUT2D eigenvalue weighted by Crippen LogP contribution is -2.02. The van der Waals surface area contributed by atoms with E-state index in [1.807, 2.05) is 23.0 Å². The van der Waals surface area contributed by atoms with E-state index in [1.165, 1.54) is 24.0 Å². The molecule has 0 heterocycles. The fourth-order valence-electron chi connectivity index (χ4n) is 2.48. The monoisotopic (exact) mass is 344 g/mol. The van der Waals surface area contributed by atoms with E-state index < -0.39 is 0 Å². The third-order valence-corrected chi connectivity index (χ3v) is 4.56. The molecule has 17 heavy (non-hydrogen) atoms. The van der Waals surface area contributed by atoms with Gasteiger partial charge in [0.05, 0.1) is 0 Å². The van der Waals surface area contributed by atoms with E-state index in [0.29, 0.717) is 11.8 Å². The Morgan fingerprint density at radius 3 is 2.47 bits per heavy atom. The Bertz CT molecular complexity index is 385. The molecular weight excluding hydrogens is 323 g/mol. The number of rotatable bonds is 5. The molecule has 0 aromatic heterocycles. The normalized spacial score (nSPS) is 18.8. The van der Waals surface area contributed by atoms with Gasteiger partial charge in [-0.2, -0.15) is 0 Å². The zero-order chi connectivity index (χ0) is 12.4. The number of benzene rings is 1. The van der Waals surface area contributed by atoms with Crippen LogP contribution in [0.2, 0.25) is 0 Å². The zero-order valence-corrected chi connectivity index (χ0v) is 13.0. The Labute approximate surface area is 119 Å². The van der Waals surface area contributed by atoms with E-state index in [2.05, 4.69) is 39.0 Å². The molecule has 0 N–H and O–H groups in total. The highest BCUT2D eigenvalue weighted by Gasteiger charge is 2.31. The first-order valence-electron chi connectivity index (χ1n) is 6.60. The highest BCUT2D eigenvalue weighted by Crippen LogP contribution is 2.46. The van der Waals surface area contributed by atoms with Crippen LogP contribution >= 0.6 is 23.0 Å². The second-order valence-electron chi connectivity index (χ2n) is 5.28. The van der Waals surface area contributed by atoms with Crippen LogP contribution in [0.5, 0.6) is 5.75 Å². The molecule has 2 heteroatoms. The van der Waals surface area contributed by atoms with Crippen molar-refractivity contribution in [2.45, 2.75) is 51.9 Å². The van der Waals surface area contributed by atoms with E-state index in [1.54, 1.807) is 0 Å². The van der Waals surface area contributed by atoms with Crippen LogP contribution in [0.15, 0.2) is 18.2 Å². The van der Waals surface area contributed by atoms with E-state index in [9.17, 15) is 0 Å². The molecule has 0 aliphatic heterocycles.